The van der Waals surface area contributed by atoms with Gasteiger partial charge in [-0.05, 0) is 16.7 Å². The van der Waals surface area contributed by atoms with Crippen molar-refractivity contribution in [3.05, 3.63) is 60.2 Å². The monoisotopic (exact) mass is 300 g/mol. The SMILES string of the molecule is COCCN=C(N)SCc1ccc(-c2ccccc2)cc1. The molecule has 2 aromatic rings. The number of ether oxygens (including phenoxy) is 1. The van der Waals surface area contributed by atoms with E-state index in [1.807, 2.05) is 6.07 Å². The van der Waals surface area contributed by atoms with Crippen molar-refractivity contribution in [2.24, 2.45) is 10.7 Å². The minimum Gasteiger partial charge on any atom is -0.383 e. The van der Waals surface area contributed by atoms with Gasteiger partial charge in [-0.25, -0.2) is 0 Å². The van der Waals surface area contributed by atoms with Gasteiger partial charge in [0.25, 0.3) is 0 Å². The van der Waals surface area contributed by atoms with Crippen LogP contribution in [-0.2, 0) is 10.5 Å². The lowest BCUT2D eigenvalue weighted by molar-refractivity contribution is 0.208. The van der Waals surface area contributed by atoms with Crippen LogP contribution < -0.4 is 5.73 Å². The summed E-state index contributed by atoms with van der Waals surface area (Å²) >= 11 is 1.55. The number of amidine groups is 1. The first-order chi connectivity index (χ1) is 10.3. The highest BCUT2D eigenvalue weighted by Crippen LogP contribution is 2.21. The first kappa shape index (κ1) is 15.6. The summed E-state index contributed by atoms with van der Waals surface area (Å²) < 4.78 is 4.94. The van der Waals surface area contributed by atoms with Crippen molar-refractivity contribution >= 4 is 16.9 Å². The van der Waals surface area contributed by atoms with E-state index in [1.165, 1.54) is 16.7 Å². The molecule has 110 valence electrons. The Morgan fingerprint density at radius 1 is 1.05 bits per heavy atom. The van der Waals surface area contributed by atoms with Crippen LogP contribution in [0.25, 0.3) is 11.1 Å². The first-order valence-electron chi connectivity index (χ1n) is 6.85. The molecule has 4 heteroatoms. The molecule has 0 saturated carbocycles. The minimum atomic E-state index is 0.604. The van der Waals surface area contributed by atoms with Crippen molar-refractivity contribution in [1.82, 2.24) is 0 Å². The number of hydrogen-bond donors (Lipinski definition) is 1. The van der Waals surface area contributed by atoms with Crippen molar-refractivity contribution in [3.8, 4) is 11.1 Å². The van der Waals surface area contributed by atoms with E-state index in [0.717, 1.165) is 5.75 Å². The van der Waals surface area contributed by atoms with E-state index in [9.17, 15) is 0 Å². The van der Waals surface area contributed by atoms with E-state index < -0.39 is 0 Å². The number of thioether (sulfide) groups is 1. The third kappa shape index (κ3) is 5.25. The number of aliphatic imine (C=N–C) groups is 1. The van der Waals surface area contributed by atoms with Gasteiger partial charge in [0.2, 0.25) is 0 Å². The molecule has 0 heterocycles. The lowest BCUT2D eigenvalue weighted by Gasteiger charge is -2.05. The molecule has 3 nitrogen and oxygen atoms in total. The Balaban J connectivity index is 1.90. The lowest BCUT2D eigenvalue weighted by atomic mass is 10.0. The van der Waals surface area contributed by atoms with Crippen LogP contribution in [0.4, 0.5) is 0 Å². The molecule has 0 aliphatic rings. The molecule has 0 aliphatic heterocycles. The average Bonchev–Trinajstić information content (AvgIpc) is 2.54. The van der Waals surface area contributed by atoms with Crippen LogP contribution in [0.3, 0.4) is 0 Å². The molecule has 2 rings (SSSR count). The third-order valence-electron chi connectivity index (χ3n) is 3.01. The Hall–Kier alpha value is -1.78. The minimum absolute atomic E-state index is 0.604. The van der Waals surface area contributed by atoms with Gasteiger partial charge in [0.1, 0.15) is 0 Å². The predicted molar refractivity (Wildman–Crippen MR) is 91.5 cm³/mol. The zero-order chi connectivity index (χ0) is 14.9. The van der Waals surface area contributed by atoms with Crippen molar-refractivity contribution in [3.63, 3.8) is 0 Å². The summed E-state index contributed by atoms with van der Waals surface area (Å²) in [6.07, 6.45) is 0. The van der Waals surface area contributed by atoms with Crippen LogP contribution in [0.15, 0.2) is 59.6 Å². The van der Waals surface area contributed by atoms with Crippen molar-refractivity contribution in [2.75, 3.05) is 20.3 Å². The highest BCUT2D eigenvalue weighted by Gasteiger charge is 1.99. The van der Waals surface area contributed by atoms with E-state index in [1.54, 1.807) is 18.9 Å². The summed E-state index contributed by atoms with van der Waals surface area (Å²) in [6, 6.07) is 18.9. The zero-order valence-corrected chi connectivity index (χ0v) is 13.0. The van der Waals surface area contributed by atoms with E-state index >= 15 is 0 Å². The molecular formula is C17H20N2OS. The summed E-state index contributed by atoms with van der Waals surface area (Å²) in [5, 5.41) is 0.610. The maximum Gasteiger partial charge on any atom is 0.154 e. The molecule has 0 spiro atoms. The molecule has 0 radical (unpaired) electrons. The highest BCUT2D eigenvalue weighted by molar-refractivity contribution is 8.13. The molecule has 0 atom stereocenters. The fraction of sp³-hybridized carbons (Fsp3) is 0.235. The van der Waals surface area contributed by atoms with Crippen LogP contribution in [0.2, 0.25) is 0 Å². The van der Waals surface area contributed by atoms with Gasteiger partial charge in [-0.2, -0.15) is 0 Å². The van der Waals surface area contributed by atoms with Gasteiger partial charge in [-0.3, -0.25) is 4.99 Å². The number of nitrogens with two attached hydrogens (primary N) is 1. The number of methoxy groups -OCH3 is 1. The molecule has 2 N–H and O–H groups in total. The Labute approximate surface area is 130 Å². The van der Waals surface area contributed by atoms with Crippen LogP contribution >= 0.6 is 11.8 Å². The largest absolute Gasteiger partial charge is 0.383 e. The average molecular weight is 300 g/mol. The maximum absolute atomic E-state index is 5.84. The summed E-state index contributed by atoms with van der Waals surface area (Å²) in [5.74, 6) is 0.831. The fourth-order valence-corrected chi connectivity index (χ4v) is 2.56. The third-order valence-corrected chi connectivity index (χ3v) is 3.91. The van der Waals surface area contributed by atoms with Crippen LogP contribution in [0, 0.1) is 0 Å². The van der Waals surface area contributed by atoms with Gasteiger partial charge in [-0.1, -0.05) is 66.4 Å². The van der Waals surface area contributed by atoms with Gasteiger partial charge in [0.15, 0.2) is 5.17 Å². The van der Waals surface area contributed by atoms with Gasteiger partial charge >= 0.3 is 0 Å². The van der Waals surface area contributed by atoms with Gasteiger partial charge in [-0.15, -0.1) is 0 Å². The normalized spacial score (nSPS) is 11.6. The van der Waals surface area contributed by atoms with Crippen LogP contribution in [0.5, 0.6) is 0 Å². The van der Waals surface area contributed by atoms with Crippen LogP contribution in [-0.4, -0.2) is 25.4 Å². The molecule has 0 amide bonds. The number of benzene rings is 2. The molecule has 0 unspecified atom stereocenters. The fourth-order valence-electron chi connectivity index (χ4n) is 1.87. The lowest BCUT2D eigenvalue weighted by Crippen LogP contribution is -2.09. The molecule has 0 bridgehead atoms. The molecular weight excluding hydrogens is 280 g/mol. The second kappa shape index (κ2) is 8.49. The van der Waals surface area contributed by atoms with Gasteiger partial charge in [0, 0.05) is 12.9 Å². The molecule has 0 saturated heterocycles. The smallest absolute Gasteiger partial charge is 0.154 e. The van der Waals surface area contributed by atoms with E-state index in [4.69, 9.17) is 10.5 Å². The molecule has 2 aromatic carbocycles. The van der Waals surface area contributed by atoms with Gasteiger partial charge < -0.3 is 10.5 Å². The van der Waals surface area contributed by atoms with Crippen LogP contribution in [0.1, 0.15) is 5.56 Å². The quantitative estimate of drug-likeness (QED) is 0.504. The maximum atomic E-state index is 5.84. The van der Waals surface area contributed by atoms with E-state index in [0.29, 0.717) is 18.3 Å². The number of nitrogens with zero attached hydrogens (tertiary/aromatic N) is 1. The Morgan fingerprint density at radius 3 is 2.38 bits per heavy atom. The summed E-state index contributed by atoms with van der Waals surface area (Å²) in [7, 11) is 1.66. The van der Waals surface area contributed by atoms with E-state index in [2.05, 4.69) is 53.5 Å². The molecule has 0 aliphatic carbocycles. The van der Waals surface area contributed by atoms with Gasteiger partial charge in [0.05, 0.1) is 13.2 Å². The Kier molecular flexibility index (Phi) is 6.31. The highest BCUT2D eigenvalue weighted by atomic mass is 32.2. The summed E-state index contributed by atoms with van der Waals surface area (Å²) in [4.78, 5) is 4.23. The molecule has 0 fully saturated rings. The van der Waals surface area contributed by atoms with Crippen molar-refractivity contribution in [1.29, 1.82) is 0 Å². The Bertz CT molecular complexity index is 567. The standard InChI is InChI=1S/C17H20N2OS/c1-20-12-11-19-17(18)21-13-14-7-9-16(10-8-14)15-5-3-2-4-6-15/h2-10H,11-13H2,1H3,(H2,18,19). The number of rotatable bonds is 6. The Morgan fingerprint density at radius 2 is 1.71 bits per heavy atom. The summed E-state index contributed by atoms with van der Waals surface area (Å²) in [5.41, 5.74) is 9.54. The molecule has 21 heavy (non-hydrogen) atoms. The second-order valence-corrected chi connectivity index (χ2v) is 5.56. The second-order valence-electron chi connectivity index (χ2n) is 4.56. The van der Waals surface area contributed by atoms with E-state index in [-0.39, 0.29) is 0 Å². The zero-order valence-electron chi connectivity index (χ0n) is 12.2. The number of hydrogen-bond acceptors (Lipinski definition) is 3. The first-order valence-corrected chi connectivity index (χ1v) is 7.84. The van der Waals surface area contributed by atoms with Crippen molar-refractivity contribution < 1.29 is 4.74 Å². The van der Waals surface area contributed by atoms with Crippen molar-refractivity contribution in [2.45, 2.75) is 5.75 Å². The topological polar surface area (TPSA) is 47.6 Å². The summed E-state index contributed by atoms with van der Waals surface area (Å²) in [6.45, 7) is 1.22. The molecule has 0 aromatic heterocycles. The predicted octanol–water partition coefficient (Wildman–Crippen LogP) is 3.55.